The molecule has 2 aromatic rings. The highest BCUT2D eigenvalue weighted by Crippen LogP contribution is 2.16. The van der Waals surface area contributed by atoms with E-state index in [1.165, 1.54) is 6.33 Å². The maximum absolute atomic E-state index is 5.76. The van der Waals surface area contributed by atoms with Crippen LogP contribution in [0.4, 0.5) is 0 Å². The Hall–Kier alpha value is -1.82. The van der Waals surface area contributed by atoms with E-state index in [1.54, 1.807) is 12.3 Å². The van der Waals surface area contributed by atoms with Gasteiger partial charge in [-0.05, 0) is 12.5 Å². The van der Waals surface area contributed by atoms with Crippen molar-refractivity contribution in [2.75, 3.05) is 0 Å². The summed E-state index contributed by atoms with van der Waals surface area (Å²) in [5.41, 5.74) is 6.38. The second-order valence-corrected chi connectivity index (χ2v) is 3.07. The average Bonchev–Trinajstić information content (AvgIpc) is 2.78. The Kier molecular flexibility index (Phi) is 2.68. The summed E-state index contributed by atoms with van der Waals surface area (Å²) in [6, 6.07) is 1.50. The molecule has 0 aromatic carbocycles. The van der Waals surface area contributed by atoms with Crippen LogP contribution in [0.3, 0.4) is 0 Å². The molecule has 0 aliphatic carbocycles. The van der Waals surface area contributed by atoms with Gasteiger partial charge in [-0.15, -0.1) is 0 Å². The van der Waals surface area contributed by atoms with Crippen LogP contribution in [0, 0.1) is 0 Å². The van der Waals surface area contributed by atoms with Crippen LogP contribution >= 0.6 is 0 Å². The van der Waals surface area contributed by atoms with E-state index in [-0.39, 0.29) is 6.04 Å². The van der Waals surface area contributed by atoms with Gasteiger partial charge < -0.3 is 10.3 Å². The summed E-state index contributed by atoms with van der Waals surface area (Å²) in [5, 5.41) is 3.80. The minimum absolute atomic E-state index is 0.215. The highest BCUT2D eigenvalue weighted by molar-refractivity contribution is 5.46. The van der Waals surface area contributed by atoms with Crippen LogP contribution in [-0.4, -0.2) is 20.1 Å². The Morgan fingerprint density at radius 3 is 3.07 bits per heavy atom. The van der Waals surface area contributed by atoms with Gasteiger partial charge in [-0.3, -0.25) is 0 Å². The van der Waals surface area contributed by atoms with Crippen molar-refractivity contribution in [3.8, 4) is 11.5 Å². The van der Waals surface area contributed by atoms with Crippen molar-refractivity contribution in [1.29, 1.82) is 0 Å². The molecule has 6 nitrogen and oxygen atoms in total. The van der Waals surface area contributed by atoms with Gasteiger partial charge in [0.15, 0.2) is 0 Å². The van der Waals surface area contributed by atoms with Crippen molar-refractivity contribution in [2.24, 2.45) is 5.73 Å². The fraction of sp³-hybridized carbons (Fsp3) is 0.333. The van der Waals surface area contributed by atoms with Crippen LogP contribution in [0.25, 0.3) is 11.5 Å². The smallest absolute Gasteiger partial charge is 0.243 e. The first-order chi connectivity index (χ1) is 7.31. The highest BCUT2D eigenvalue weighted by Gasteiger charge is 2.14. The molecule has 2 rings (SSSR count). The van der Waals surface area contributed by atoms with Crippen LogP contribution in [0.5, 0.6) is 0 Å². The molecule has 0 radical (unpaired) electrons. The van der Waals surface area contributed by atoms with E-state index in [9.17, 15) is 0 Å². The van der Waals surface area contributed by atoms with Gasteiger partial charge in [0.05, 0.1) is 6.04 Å². The highest BCUT2D eigenvalue weighted by atomic mass is 16.5. The van der Waals surface area contributed by atoms with Gasteiger partial charge in [0.2, 0.25) is 11.7 Å². The minimum Gasteiger partial charge on any atom is -0.337 e. The number of hydrogen-bond donors (Lipinski definition) is 1. The summed E-state index contributed by atoms with van der Waals surface area (Å²) < 4.78 is 5.03. The zero-order valence-corrected chi connectivity index (χ0v) is 8.29. The first kappa shape index (κ1) is 9.72. The maximum atomic E-state index is 5.76. The summed E-state index contributed by atoms with van der Waals surface area (Å²) in [4.78, 5) is 12.0. The van der Waals surface area contributed by atoms with Gasteiger partial charge >= 0.3 is 0 Å². The van der Waals surface area contributed by atoms with Gasteiger partial charge in [-0.2, -0.15) is 4.98 Å². The second kappa shape index (κ2) is 4.14. The van der Waals surface area contributed by atoms with Crippen LogP contribution in [-0.2, 0) is 0 Å². The number of nitrogens with two attached hydrogens (primary N) is 1. The van der Waals surface area contributed by atoms with Crippen molar-refractivity contribution in [3.63, 3.8) is 0 Å². The molecule has 0 fully saturated rings. The van der Waals surface area contributed by atoms with Gasteiger partial charge in [0.25, 0.3) is 0 Å². The van der Waals surface area contributed by atoms with E-state index in [0.717, 1.165) is 6.42 Å². The molecule has 0 bridgehead atoms. The zero-order valence-electron chi connectivity index (χ0n) is 8.29. The lowest BCUT2D eigenvalue weighted by molar-refractivity contribution is 0.352. The predicted octanol–water partition coefficient (Wildman–Crippen LogP) is 0.936. The molecule has 6 heteroatoms. The standard InChI is InChI=1S/C9H11N5O/c1-2-6(10)9-13-8(14-15-9)7-3-4-11-5-12-7/h3-6H,2,10H2,1H3/t6-/m0/s1. The molecule has 0 saturated carbocycles. The molecular weight excluding hydrogens is 194 g/mol. The normalized spacial score (nSPS) is 12.7. The van der Waals surface area contributed by atoms with E-state index in [1.807, 2.05) is 6.92 Å². The quantitative estimate of drug-likeness (QED) is 0.801. The molecule has 2 heterocycles. The first-order valence-corrected chi connectivity index (χ1v) is 4.67. The lowest BCUT2D eigenvalue weighted by Crippen LogP contribution is -2.08. The lowest BCUT2D eigenvalue weighted by atomic mass is 10.2. The summed E-state index contributed by atoms with van der Waals surface area (Å²) in [6.45, 7) is 1.96. The van der Waals surface area contributed by atoms with E-state index in [2.05, 4.69) is 20.1 Å². The molecule has 15 heavy (non-hydrogen) atoms. The molecule has 0 amide bonds. The van der Waals surface area contributed by atoms with Crippen LogP contribution < -0.4 is 5.73 Å². The Labute approximate surface area is 86.5 Å². The van der Waals surface area contributed by atoms with Crippen molar-refractivity contribution >= 4 is 0 Å². The monoisotopic (exact) mass is 205 g/mol. The molecule has 2 aromatic heterocycles. The molecule has 1 atom stereocenters. The van der Waals surface area contributed by atoms with Gasteiger partial charge in [-0.25, -0.2) is 9.97 Å². The molecule has 78 valence electrons. The van der Waals surface area contributed by atoms with Crippen molar-refractivity contribution < 1.29 is 4.52 Å². The Morgan fingerprint density at radius 1 is 1.53 bits per heavy atom. The average molecular weight is 205 g/mol. The summed E-state index contributed by atoms with van der Waals surface area (Å²) in [5.74, 6) is 0.877. The van der Waals surface area contributed by atoms with Crippen molar-refractivity contribution in [3.05, 3.63) is 24.5 Å². The Bertz CT molecular complexity index is 427. The second-order valence-electron chi connectivity index (χ2n) is 3.07. The van der Waals surface area contributed by atoms with Gasteiger partial charge in [0.1, 0.15) is 12.0 Å². The van der Waals surface area contributed by atoms with Gasteiger partial charge in [0, 0.05) is 6.20 Å². The third-order valence-electron chi connectivity index (χ3n) is 2.01. The van der Waals surface area contributed by atoms with Gasteiger partial charge in [-0.1, -0.05) is 12.1 Å². The number of rotatable bonds is 3. The molecule has 0 aliphatic rings. The number of aromatic nitrogens is 4. The molecular formula is C9H11N5O. The predicted molar refractivity (Wildman–Crippen MR) is 52.5 cm³/mol. The fourth-order valence-electron chi connectivity index (χ4n) is 1.09. The Morgan fingerprint density at radius 2 is 2.40 bits per heavy atom. The van der Waals surface area contributed by atoms with E-state index in [4.69, 9.17) is 10.3 Å². The van der Waals surface area contributed by atoms with E-state index in [0.29, 0.717) is 17.4 Å². The van der Waals surface area contributed by atoms with E-state index >= 15 is 0 Å². The molecule has 2 N–H and O–H groups in total. The van der Waals surface area contributed by atoms with Crippen molar-refractivity contribution in [1.82, 2.24) is 20.1 Å². The zero-order chi connectivity index (χ0) is 10.7. The third-order valence-corrected chi connectivity index (χ3v) is 2.01. The molecule has 0 unspecified atom stereocenters. The molecule has 0 spiro atoms. The van der Waals surface area contributed by atoms with Crippen LogP contribution in [0.1, 0.15) is 25.3 Å². The fourth-order valence-corrected chi connectivity index (χ4v) is 1.09. The molecule has 0 saturated heterocycles. The lowest BCUT2D eigenvalue weighted by Gasteiger charge is -1.98. The summed E-state index contributed by atoms with van der Waals surface area (Å²) in [6.07, 6.45) is 3.81. The number of nitrogens with zero attached hydrogens (tertiary/aromatic N) is 4. The minimum atomic E-state index is -0.215. The Balaban J connectivity index is 2.28. The summed E-state index contributed by atoms with van der Waals surface area (Å²) >= 11 is 0. The topological polar surface area (TPSA) is 90.7 Å². The molecule has 0 aliphatic heterocycles. The third kappa shape index (κ3) is 1.99. The number of hydrogen-bond acceptors (Lipinski definition) is 6. The maximum Gasteiger partial charge on any atom is 0.243 e. The first-order valence-electron chi connectivity index (χ1n) is 4.67. The van der Waals surface area contributed by atoms with E-state index < -0.39 is 0 Å². The van der Waals surface area contributed by atoms with Crippen LogP contribution in [0.2, 0.25) is 0 Å². The largest absolute Gasteiger partial charge is 0.337 e. The van der Waals surface area contributed by atoms with Crippen LogP contribution in [0.15, 0.2) is 23.1 Å². The van der Waals surface area contributed by atoms with Crippen molar-refractivity contribution in [2.45, 2.75) is 19.4 Å². The SMILES string of the molecule is CC[C@H](N)c1nc(-c2ccncn2)no1. The summed E-state index contributed by atoms with van der Waals surface area (Å²) in [7, 11) is 0.